The van der Waals surface area contributed by atoms with E-state index < -0.39 is 16.1 Å². The topological polar surface area (TPSA) is 46.2 Å². The molecule has 0 aliphatic heterocycles. The van der Waals surface area contributed by atoms with E-state index in [1.807, 2.05) is 30.3 Å². The summed E-state index contributed by atoms with van der Waals surface area (Å²) >= 11 is 15.1. The van der Waals surface area contributed by atoms with E-state index in [9.17, 15) is 8.42 Å². The van der Waals surface area contributed by atoms with Gasteiger partial charge in [-0.2, -0.15) is 0 Å². The predicted molar refractivity (Wildman–Crippen MR) is 89.4 cm³/mol. The van der Waals surface area contributed by atoms with Crippen LogP contribution in [0.4, 0.5) is 0 Å². The maximum absolute atomic E-state index is 12.4. The minimum atomic E-state index is -3.75. The van der Waals surface area contributed by atoms with Crippen molar-refractivity contribution < 1.29 is 8.42 Å². The number of alkyl halides is 1. The molecule has 112 valence electrons. The van der Waals surface area contributed by atoms with E-state index in [1.54, 1.807) is 6.07 Å². The fraction of sp³-hybridized carbons (Fsp3) is 0.143. The van der Waals surface area contributed by atoms with Crippen molar-refractivity contribution in [3.63, 3.8) is 0 Å². The number of nitrogens with one attached hydrogen (secondary N) is 1. The third-order valence-corrected chi connectivity index (χ3v) is 5.59. The molecule has 1 N–H and O–H groups in total. The Morgan fingerprint density at radius 3 is 2.38 bits per heavy atom. The Kier molecular flexibility index (Phi) is 5.68. The lowest BCUT2D eigenvalue weighted by atomic mass is 10.1. The highest BCUT2D eigenvalue weighted by molar-refractivity contribution is 9.10. The largest absolute Gasteiger partial charge is 0.242 e. The van der Waals surface area contributed by atoms with Crippen LogP contribution in [0.1, 0.15) is 11.6 Å². The number of sulfonamides is 1. The lowest BCUT2D eigenvalue weighted by Gasteiger charge is -2.17. The lowest BCUT2D eigenvalue weighted by molar-refractivity contribution is 0.568. The van der Waals surface area contributed by atoms with Crippen LogP contribution in [-0.4, -0.2) is 14.3 Å². The van der Waals surface area contributed by atoms with Crippen LogP contribution in [0.3, 0.4) is 0 Å². The van der Waals surface area contributed by atoms with E-state index in [0.717, 1.165) is 5.56 Å². The second-order valence-electron chi connectivity index (χ2n) is 4.31. The molecule has 2 aromatic rings. The first-order valence-electron chi connectivity index (χ1n) is 6.02. The van der Waals surface area contributed by atoms with Crippen molar-refractivity contribution in [1.82, 2.24) is 4.72 Å². The van der Waals surface area contributed by atoms with Gasteiger partial charge in [-0.05, 0) is 23.8 Å². The molecule has 0 saturated heterocycles. The smallest absolute Gasteiger partial charge is 0.207 e. The number of hydrogen-bond acceptors (Lipinski definition) is 2. The van der Waals surface area contributed by atoms with Crippen molar-refractivity contribution in [1.29, 1.82) is 0 Å². The van der Waals surface area contributed by atoms with Crippen LogP contribution in [0.5, 0.6) is 0 Å². The molecule has 21 heavy (non-hydrogen) atoms. The molecule has 0 aromatic heterocycles. The monoisotopic (exact) mass is 407 g/mol. The third kappa shape index (κ3) is 4.20. The van der Waals surface area contributed by atoms with Crippen molar-refractivity contribution >= 4 is 49.2 Å². The fourth-order valence-corrected chi connectivity index (χ4v) is 4.43. The van der Waals surface area contributed by atoms with Crippen molar-refractivity contribution in [2.24, 2.45) is 0 Å². The normalized spacial score (nSPS) is 13.1. The minimum Gasteiger partial charge on any atom is -0.207 e. The highest BCUT2D eigenvalue weighted by Gasteiger charge is 2.23. The molecule has 3 nitrogen and oxygen atoms in total. The summed E-state index contributed by atoms with van der Waals surface area (Å²) in [4.78, 5) is 0.0263. The third-order valence-electron chi connectivity index (χ3n) is 2.84. The summed E-state index contributed by atoms with van der Waals surface area (Å²) in [6.45, 7) is 0. The van der Waals surface area contributed by atoms with Gasteiger partial charge >= 0.3 is 0 Å². The standard InChI is InChI=1S/C14H12BrCl2NO2S/c15-11-6-7-14(12(17)8-11)21(19,20)18-13(9-16)10-4-2-1-3-5-10/h1-8,13,18H,9H2. The van der Waals surface area contributed by atoms with Crippen LogP contribution in [0.15, 0.2) is 57.9 Å². The molecule has 0 fully saturated rings. The van der Waals surface area contributed by atoms with E-state index in [2.05, 4.69) is 20.7 Å². The highest BCUT2D eigenvalue weighted by atomic mass is 79.9. The zero-order chi connectivity index (χ0) is 15.5. The van der Waals surface area contributed by atoms with Gasteiger partial charge in [0.2, 0.25) is 10.0 Å². The van der Waals surface area contributed by atoms with E-state index in [1.165, 1.54) is 12.1 Å². The molecule has 0 heterocycles. The Morgan fingerprint density at radius 1 is 1.14 bits per heavy atom. The molecule has 1 atom stereocenters. The van der Waals surface area contributed by atoms with Gasteiger partial charge in [0.1, 0.15) is 4.90 Å². The maximum Gasteiger partial charge on any atom is 0.242 e. The zero-order valence-electron chi connectivity index (χ0n) is 10.8. The molecule has 0 spiro atoms. The van der Waals surface area contributed by atoms with E-state index in [4.69, 9.17) is 23.2 Å². The Hall–Kier alpha value is -0.590. The first-order chi connectivity index (χ1) is 9.94. The second-order valence-corrected chi connectivity index (χ2v) is 7.63. The minimum absolute atomic E-state index is 0.0263. The Balaban J connectivity index is 2.32. The van der Waals surface area contributed by atoms with Crippen LogP contribution in [0.25, 0.3) is 0 Å². The van der Waals surface area contributed by atoms with Gasteiger partial charge < -0.3 is 0 Å². The van der Waals surface area contributed by atoms with Crippen molar-refractivity contribution in [2.45, 2.75) is 10.9 Å². The van der Waals surface area contributed by atoms with Crippen LogP contribution < -0.4 is 4.72 Å². The summed E-state index contributed by atoms with van der Waals surface area (Å²) in [5.41, 5.74) is 0.796. The van der Waals surface area contributed by atoms with Crippen LogP contribution in [-0.2, 0) is 10.0 Å². The molecule has 0 bridgehead atoms. The van der Waals surface area contributed by atoms with Crippen molar-refractivity contribution in [2.75, 3.05) is 5.88 Å². The number of benzene rings is 2. The summed E-state index contributed by atoms with van der Waals surface area (Å²) in [5, 5.41) is 0.151. The van der Waals surface area contributed by atoms with Gasteiger partial charge in [0, 0.05) is 10.4 Å². The first-order valence-corrected chi connectivity index (χ1v) is 9.21. The summed E-state index contributed by atoms with van der Waals surface area (Å²) in [5.74, 6) is 0.122. The molecule has 0 aliphatic carbocycles. The fourth-order valence-electron chi connectivity index (χ4n) is 1.82. The molecule has 0 saturated carbocycles. The van der Waals surface area contributed by atoms with E-state index >= 15 is 0 Å². The molecular formula is C14H12BrCl2NO2S. The van der Waals surface area contributed by atoms with Crippen LogP contribution >= 0.6 is 39.1 Å². The van der Waals surface area contributed by atoms with Gasteiger partial charge in [-0.15, -0.1) is 11.6 Å². The lowest BCUT2D eigenvalue weighted by Crippen LogP contribution is -2.30. The molecule has 7 heteroatoms. The average Bonchev–Trinajstić information content (AvgIpc) is 2.45. The summed E-state index contributed by atoms with van der Waals surface area (Å²) in [6.07, 6.45) is 0. The Bertz CT molecular complexity index is 723. The molecule has 2 rings (SSSR count). The quantitative estimate of drug-likeness (QED) is 0.747. The first kappa shape index (κ1) is 16.8. The molecule has 2 aromatic carbocycles. The van der Waals surface area contributed by atoms with Gasteiger partial charge in [0.15, 0.2) is 0 Å². The van der Waals surface area contributed by atoms with Gasteiger partial charge in [-0.1, -0.05) is 57.9 Å². The Morgan fingerprint density at radius 2 is 1.81 bits per heavy atom. The zero-order valence-corrected chi connectivity index (χ0v) is 14.7. The summed E-state index contributed by atoms with van der Waals surface area (Å²) < 4.78 is 28.2. The van der Waals surface area contributed by atoms with Gasteiger partial charge in [0.25, 0.3) is 0 Å². The molecule has 0 amide bonds. The average molecular weight is 409 g/mol. The summed E-state index contributed by atoms with van der Waals surface area (Å²) in [7, 11) is -3.75. The van der Waals surface area contributed by atoms with Gasteiger partial charge in [-0.25, -0.2) is 13.1 Å². The van der Waals surface area contributed by atoms with Crippen LogP contribution in [0, 0.1) is 0 Å². The Labute approximate surface area is 142 Å². The maximum atomic E-state index is 12.4. The van der Waals surface area contributed by atoms with E-state index in [-0.39, 0.29) is 15.8 Å². The number of rotatable bonds is 5. The van der Waals surface area contributed by atoms with E-state index in [0.29, 0.717) is 4.47 Å². The molecule has 0 aliphatic rings. The van der Waals surface area contributed by atoms with Crippen LogP contribution in [0.2, 0.25) is 5.02 Å². The second kappa shape index (κ2) is 7.11. The van der Waals surface area contributed by atoms with Gasteiger partial charge in [0.05, 0.1) is 11.1 Å². The van der Waals surface area contributed by atoms with Crippen molar-refractivity contribution in [3.05, 3.63) is 63.6 Å². The molecule has 0 radical (unpaired) electrons. The molecule has 1 unspecified atom stereocenters. The summed E-state index contributed by atoms with van der Waals surface area (Å²) in [6, 6.07) is 13.2. The van der Waals surface area contributed by atoms with Crippen molar-refractivity contribution in [3.8, 4) is 0 Å². The highest BCUT2D eigenvalue weighted by Crippen LogP contribution is 2.27. The molecular weight excluding hydrogens is 397 g/mol. The van der Waals surface area contributed by atoms with Gasteiger partial charge in [-0.3, -0.25) is 0 Å². The number of halogens is 3. The predicted octanol–water partition coefficient (Wildman–Crippen LogP) is 4.36. The number of hydrogen-bond donors (Lipinski definition) is 1. The SMILES string of the molecule is O=S(=O)(NC(CCl)c1ccccc1)c1ccc(Br)cc1Cl.